The molecule has 3 aliphatic carbocycles. The fourth-order valence-electron chi connectivity index (χ4n) is 4.85. The van der Waals surface area contributed by atoms with E-state index >= 15 is 0 Å². The summed E-state index contributed by atoms with van der Waals surface area (Å²) >= 11 is 0. The third-order valence-electron chi connectivity index (χ3n) is 6.31. The van der Waals surface area contributed by atoms with E-state index in [1.807, 2.05) is 0 Å². The molecule has 2 aromatic rings. The minimum absolute atomic E-state index is 0.134. The van der Waals surface area contributed by atoms with Gasteiger partial charge in [-0.3, -0.25) is 29.1 Å². The number of pyridine rings is 2. The van der Waals surface area contributed by atoms with Crippen LogP contribution in [0.15, 0.2) is 61.2 Å². The van der Waals surface area contributed by atoms with Gasteiger partial charge in [-0.2, -0.15) is 0 Å². The summed E-state index contributed by atoms with van der Waals surface area (Å²) in [5, 5.41) is 19.9. The molecule has 2 heterocycles. The van der Waals surface area contributed by atoms with Gasteiger partial charge in [0.25, 0.3) is 0 Å². The molecule has 10 nitrogen and oxygen atoms in total. The molecule has 1 fully saturated rings. The monoisotopic (exact) mass is 466 g/mol. The van der Waals surface area contributed by atoms with Gasteiger partial charge >= 0.3 is 23.9 Å². The lowest BCUT2D eigenvalue weighted by atomic mass is 9.53. The maximum atomic E-state index is 13.0. The molecule has 34 heavy (non-hydrogen) atoms. The Balaban J connectivity index is 1.57. The van der Waals surface area contributed by atoms with E-state index in [0.29, 0.717) is 11.1 Å². The van der Waals surface area contributed by atoms with Gasteiger partial charge in [0.15, 0.2) is 0 Å². The first-order valence-corrected chi connectivity index (χ1v) is 10.6. The highest BCUT2D eigenvalue weighted by Crippen LogP contribution is 2.52. The van der Waals surface area contributed by atoms with Crippen molar-refractivity contribution < 1.29 is 38.9 Å². The summed E-state index contributed by atoms with van der Waals surface area (Å²) < 4.78 is 10.7. The highest BCUT2D eigenvalue weighted by atomic mass is 16.5. The van der Waals surface area contributed by atoms with Crippen LogP contribution in [0.25, 0.3) is 0 Å². The number of allylic oxidation sites excluding steroid dienone is 2. The van der Waals surface area contributed by atoms with Crippen LogP contribution in [0.1, 0.15) is 11.1 Å². The molecule has 0 radical (unpaired) electrons. The standard InChI is InChI=1S/C24H22N2O8/c27-21(28)17-16-6-5-15(19(17)23(31)33-11-13-3-1-7-25-9-13)18(22(29)30)20(16)24(32)34-12-14-4-2-8-26-10-14/h1-10,15-20H,11-12H2,(H,27,28)(H,29,30)/t15-,16-,17-,18+,19-,20-/m0/s1. The SMILES string of the molecule is O=C(O)[C@@H]1[C@@H]2C=C[C@H]([C@@H]1C(=O)OCc1cccnc1)[C@H](C(=O)O)[C@H]2C(=O)OCc1cccnc1. The van der Waals surface area contributed by atoms with E-state index in [9.17, 15) is 29.4 Å². The van der Waals surface area contributed by atoms with Crippen molar-refractivity contribution in [1.82, 2.24) is 9.97 Å². The van der Waals surface area contributed by atoms with Crippen LogP contribution in [0, 0.1) is 35.5 Å². The number of aromatic nitrogens is 2. The molecule has 10 heteroatoms. The molecule has 176 valence electrons. The normalized spacial score (nSPS) is 27.1. The third-order valence-corrected chi connectivity index (χ3v) is 6.31. The third kappa shape index (κ3) is 4.52. The Morgan fingerprint density at radius 3 is 1.44 bits per heavy atom. The van der Waals surface area contributed by atoms with Crippen molar-refractivity contribution in [2.75, 3.05) is 0 Å². The first-order chi connectivity index (χ1) is 16.4. The largest absolute Gasteiger partial charge is 0.481 e. The van der Waals surface area contributed by atoms with Crippen LogP contribution in [0.3, 0.4) is 0 Å². The second-order valence-corrected chi connectivity index (χ2v) is 8.26. The van der Waals surface area contributed by atoms with Crippen molar-refractivity contribution in [1.29, 1.82) is 0 Å². The van der Waals surface area contributed by atoms with Crippen LogP contribution in [0.5, 0.6) is 0 Å². The fraction of sp³-hybridized carbons (Fsp3) is 0.333. The van der Waals surface area contributed by atoms with Gasteiger partial charge in [-0.25, -0.2) is 0 Å². The number of carboxylic acid groups (broad SMARTS) is 2. The number of hydrogen-bond acceptors (Lipinski definition) is 8. The summed E-state index contributed by atoms with van der Waals surface area (Å²) in [6.45, 7) is -0.268. The van der Waals surface area contributed by atoms with Crippen LogP contribution < -0.4 is 0 Å². The van der Waals surface area contributed by atoms with Crippen molar-refractivity contribution in [2.24, 2.45) is 35.5 Å². The van der Waals surface area contributed by atoms with Gasteiger partial charge in [-0.15, -0.1) is 0 Å². The summed E-state index contributed by atoms with van der Waals surface area (Å²) in [5.41, 5.74) is 1.21. The second-order valence-electron chi connectivity index (χ2n) is 8.26. The lowest BCUT2D eigenvalue weighted by Gasteiger charge is -2.48. The Morgan fingerprint density at radius 2 is 1.12 bits per heavy atom. The van der Waals surface area contributed by atoms with Crippen molar-refractivity contribution >= 4 is 23.9 Å². The molecule has 2 aromatic heterocycles. The maximum absolute atomic E-state index is 13.0. The Labute approximate surface area is 194 Å². The predicted molar refractivity (Wildman–Crippen MR) is 113 cm³/mol. The van der Waals surface area contributed by atoms with Crippen LogP contribution >= 0.6 is 0 Å². The van der Waals surface area contributed by atoms with Crippen molar-refractivity contribution in [3.8, 4) is 0 Å². The molecule has 2 N–H and O–H groups in total. The van der Waals surface area contributed by atoms with E-state index in [2.05, 4.69) is 9.97 Å². The van der Waals surface area contributed by atoms with E-state index in [1.165, 1.54) is 24.5 Å². The van der Waals surface area contributed by atoms with Gasteiger partial charge in [0.05, 0.1) is 23.7 Å². The lowest BCUT2D eigenvalue weighted by molar-refractivity contribution is -0.183. The van der Waals surface area contributed by atoms with Gasteiger partial charge in [-0.1, -0.05) is 24.3 Å². The average molecular weight is 466 g/mol. The zero-order chi connectivity index (χ0) is 24.2. The van der Waals surface area contributed by atoms with Crippen molar-refractivity contribution in [2.45, 2.75) is 13.2 Å². The summed E-state index contributed by atoms with van der Waals surface area (Å²) in [6.07, 6.45) is 9.13. The van der Waals surface area contributed by atoms with E-state index in [4.69, 9.17) is 9.47 Å². The number of rotatable bonds is 8. The van der Waals surface area contributed by atoms with E-state index in [-0.39, 0.29) is 13.2 Å². The van der Waals surface area contributed by atoms with Crippen molar-refractivity contribution in [3.05, 3.63) is 72.3 Å². The molecule has 0 saturated heterocycles. The molecule has 0 spiro atoms. The molecule has 1 saturated carbocycles. The number of carbonyl (C=O) groups excluding carboxylic acids is 2. The quantitative estimate of drug-likeness (QED) is 0.434. The molecule has 6 atom stereocenters. The highest BCUT2D eigenvalue weighted by molar-refractivity contribution is 5.89. The number of fused-ring (bicyclic) bond motifs is 2. The summed E-state index contributed by atoms with van der Waals surface area (Å²) in [4.78, 5) is 58.2. The van der Waals surface area contributed by atoms with E-state index in [0.717, 1.165) is 0 Å². The molecule has 0 amide bonds. The molecule has 0 aromatic carbocycles. The smallest absolute Gasteiger partial charge is 0.310 e. The first kappa shape index (κ1) is 23.1. The summed E-state index contributed by atoms with van der Waals surface area (Å²) in [6, 6.07) is 6.71. The summed E-state index contributed by atoms with van der Waals surface area (Å²) in [5.74, 6) is -11.5. The molecule has 0 aliphatic heterocycles. The Hall–Kier alpha value is -4.08. The lowest BCUT2D eigenvalue weighted by Crippen LogP contribution is -2.57. The van der Waals surface area contributed by atoms with Crippen LogP contribution in [-0.4, -0.2) is 44.1 Å². The van der Waals surface area contributed by atoms with Crippen molar-refractivity contribution in [3.63, 3.8) is 0 Å². The van der Waals surface area contributed by atoms with Crippen LogP contribution in [0.4, 0.5) is 0 Å². The number of esters is 2. The Bertz CT molecular complexity index is 1020. The summed E-state index contributed by atoms with van der Waals surface area (Å²) in [7, 11) is 0. The molecular formula is C24H22N2O8. The molecule has 0 unspecified atom stereocenters. The van der Waals surface area contributed by atoms with Gasteiger partial charge in [0, 0.05) is 47.8 Å². The average Bonchev–Trinajstić information content (AvgIpc) is 2.86. The van der Waals surface area contributed by atoms with E-state index < -0.39 is 59.4 Å². The number of hydrogen-bond donors (Lipinski definition) is 2. The predicted octanol–water partition coefficient (Wildman–Crippen LogP) is 1.71. The number of ether oxygens (including phenoxy) is 2. The molecular weight excluding hydrogens is 444 g/mol. The Morgan fingerprint density at radius 1 is 0.706 bits per heavy atom. The highest BCUT2D eigenvalue weighted by Gasteiger charge is 2.61. The number of aliphatic carboxylic acids is 2. The minimum atomic E-state index is -1.33. The van der Waals surface area contributed by atoms with Gasteiger partial charge < -0.3 is 19.7 Å². The Kier molecular flexibility index (Phi) is 6.67. The zero-order valence-corrected chi connectivity index (χ0v) is 17.9. The fourth-order valence-corrected chi connectivity index (χ4v) is 4.85. The number of nitrogens with zero attached hydrogens (tertiary/aromatic N) is 2. The molecule has 5 rings (SSSR count). The molecule has 2 bridgehead atoms. The number of carbonyl (C=O) groups is 4. The molecule has 3 aliphatic rings. The number of carboxylic acids is 2. The maximum Gasteiger partial charge on any atom is 0.310 e. The first-order valence-electron chi connectivity index (χ1n) is 10.6. The van der Waals surface area contributed by atoms with Gasteiger partial charge in [-0.05, 0) is 12.1 Å². The van der Waals surface area contributed by atoms with E-state index in [1.54, 1.807) is 36.7 Å². The van der Waals surface area contributed by atoms with Gasteiger partial charge in [0.1, 0.15) is 13.2 Å². The zero-order valence-electron chi connectivity index (χ0n) is 17.9. The van der Waals surface area contributed by atoms with Gasteiger partial charge in [0.2, 0.25) is 0 Å². The minimum Gasteiger partial charge on any atom is -0.481 e. The van der Waals surface area contributed by atoms with Crippen LogP contribution in [-0.2, 0) is 41.9 Å². The topological polar surface area (TPSA) is 153 Å². The van der Waals surface area contributed by atoms with Crippen LogP contribution in [0.2, 0.25) is 0 Å². The second kappa shape index (κ2) is 9.82.